The molecule has 0 aliphatic carbocycles. The van der Waals surface area contributed by atoms with Crippen LogP contribution in [-0.2, 0) is 0 Å². The van der Waals surface area contributed by atoms with Crippen molar-refractivity contribution in [3.05, 3.63) is 41.8 Å². The number of phenolic OH excluding ortho intramolecular Hbond substituents is 1. The van der Waals surface area contributed by atoms with Crippen molar-refractivity contribution in [2.24, 2.45) is 0 Å². The van der Waals surface area contributed by atoms with Crippen molar-refractivity contribution >= 4 is 17.4 Å². The van der Waals surface area contributed by atoms with E-state index in [0.717, 1.165) is 37.8 Å². The maximum Gasteiger partial charge on any atom is 0.255 e. The molecule has 7 heteroatoms. The van der Waals surface area contributed by atoms with Crippen LogP contribution < -0.4 is 15.0 Å². The maximum atomic E-state index is 13.6. The standard InChI is InChI=1S/C17H18FN3O3/c1-24-14-9-11(8-13(18)16(14)22)17(23)20-12-4-5-15(19-10-12)21-6-2-3-7-21/h4-5,8-10,22H,2-3,6-7H2,1H3,(H,20,23). The quantitative estimate of drug-likeness (QED) is 0.901. The van der Waals surface area contributed by atoms with Crippen molar-refractivity contribution in [3.63, 3.8) is 0 Å². The fraction of sp³-hybridized carbons (Fsp3) is 0.294. The van der Waals surface area contributed by atoms with E-state index in [2.05, 4.69) is 15.2 Å². The number of pyridine rings is 1. The molecule has 126 valence electrons. The van der Waals surface area contributed by atoms with Gasteiger partial charge >= 0.3 is 0 Å². The van der Waals surface area contributed by atoms with E-state index in [-0.39, 0.29) is 11.3 Å². The molecule has 1 aromatic heterocycles. The topological polar surface area (TPSA) is 74.7 Å². The molecule has 0 spiro atoms. The lowest BCUT2D eigenvalue weighted by Crippen LogP contribution is -2.19. The molecular weight excluding hydrogens is 313 g/mol. The number of anilines is 2. The van der Waals surface area contributed by atoms with Crippen LogP contribution in [0.5, 0.6) is 11.5 Å². The first-order valence-corrected chi connectivity index (χ1v) is 7.67. The number of amides is 1. The minimum absolute atomic E-state index is 0.0470. The molecule has 24 heavy (non-hydrogen) atoms. The van der Waals surface area contributed by atoms with Crippen LogP contribution in [0.15, 0.2) is 30.5 Å². The van der Waals surface area contributed by atoms with Crippen molar-refractivity contribution < 1.29 is 19.0 Å². The van der Waals surface area contributed by atoms with Crippen molar-refractivity contribution in [2.45, 2.75) is 12.8 Å². The van der Waals surface area contributed by atoms with Crippen LogP contribution in [0.2, 0.25) is 0 Å². The van der Waals surface area contributed by atoms with E-state index in [1.54, 1.807) is 12.3 Å². The summed E-state index contributed by atoms with van der Waals surface area (Å²) in [6.07, 6.45) is 3.89. The summed E-state index contributed by atoms with van der Waals surface area (Å²) >= 11 is 0. The summed E-state index contributed by atoms with van der Waals surface area (Å²) in [5.41, 5.74) is 0.557. The average molecular weight is 331 g/mol. The monoisotopic (exact) mass is 331 g/mol. The van der Waals surface area contributed by atoms with E-state index >= 15 is 0 Å². The van der Waals surface area contributed by atoms with Gasteiger partial charge < -0.3 is 20.1 Å². The van der Waals surface area contributed by atoms with Crippen LogP contribution in [0, 0.1) is 5.82 Å². The Bertz CT molecular complexity index is 743. The number of hydrogen-bond donors (Lipinski definition) is 2. The number of rotatable bonds is 4. The number of benzene rings is 1. The highest BCUT2D eigenvalue weighted by molar-refractivity contribution is 6.04. The zero-order chi connectivity index (χ0) is 17.1. The third kappa shape index (κ3) is 3.24. The van der Waals surface area contributed by atoms with Crippen LogP contribution in [0.4, 0.5) is 15.9 Å². The molecule has 2 N–H and O–H groups in total. The number of phenols is 1. The van der Waals surface area contributed by atoms with Gasteiger partial charge in [-0.15, -0.1) is 0 Å². The SMILES string of the molecule is COc1cc(C(=O)Nc2ccc(N3CCCC3)nc2)cc(F)c1O. The van der Waals surface area contributed by atoms with E-state index < -0.39 is 17.5 Å². The largest absolute Gasteiger partial charge is 0.502 e. The van der Waals surface area contributed by atoms with E-state index in [4.69, 9.17) is 4.74 Å². The number of nitrogens with zero attached hydrogens (tertiary/aromatic N) is 2. The molecule has 2 aromatic rings. The van der Waals surface area contributed by atoms with Crippen LogP contribution in [0.3, 0.4) is 0 Å². The molecule has 0 bridgehead atoms. The van der Waals surface area contributed by atoms with Gasteiger partial charge in [0.2, 0.25) is 0 Å². The van der Waals surface area contributed by atoms with Crippen molar-refractivity contribution in [2.75, 3.05) is 30.4 Å². The third-order valence-corrected chi connectivity index (χ3v) is 3.95. The number of nitrogens with one attached hydrogen (secondary N) is 1. The highest BCUT2D eigenvalue weighted by atomic mass is 19.1. The second kappa shape index (κ2) is 6.74. The minimum atomic E-state index is -0.915. The van der Waals surface area contributed by atoms with Crippen molar-refractivity contribution in [1.29, 1.82) is 0 Å². The molecule has 0 atom stereocenters. The van der Waals surface area contributed by atoms with E-state index in [9.17, 15) is 14.3 Å². The Hall–Kier alpha value is -2.83. The molecule has 6 nitrogen and oxygen atoms in total. The van der Waals surface area contributed by atoms with Gasteiger partial charge in [0.25, 0.3) is 5.91 Å². The summed E-state index contributed by atoms with van der Waals surface area (Å²) in [4.78, 5) is 18.8. The lowest BCUT2D eigenvalue weighted by Gasteiger charge is -2.16. The fourth-order valence-corrected chi connectivity index (χ4v) is 2.66. The first-order chi connectivity index (χ1) is 11.6. The summed E-state index contributed by atoms with van der Waals surface area (Å²) in [5.74, 6) is -1.26. The van der Waals surface area contributed by atoms with Crippen LogP contribution in [0.25, 0.3) is 0 Å². The molecule has 1 saturated heterocycles. The first-order valence-electron chi connectivity index (χ1n) is 7.67. The van der Waals surface area contributed by atoms with Gasteiger partial charge in [0.1, 0.15) is 5.82 Å². The summed E-state index contributed by atoms with van der Waals surface area (Å²) in [7, 11) is 1.29. The molecule has 0 saturated carbocycles. The maximum absolute atomic E-state index is 13.6. The van der Waals surface area contributed by atoms with E-state index in [0.29, 0.717) is 5.69 Å². The average Bonchev–Trinajstić information content (AvgIpc) is 3.12. The Labute approximate surface area is 138 Å². The van der Waals surface area contributed by atoms with Gasteiger partial charge in [-0.1, -0.05) is 0 Å². The Kier molecular flexibility index (Phi) is 4.50. The van der Waals surface area contributed by atoms with Gasteiger partial charge in [-0.25, -0.2) is 9.37 Å². The zero-order valence-electron chi connectivity index (χ0n) is 13.3. The second-order valence-corrected chi connectivity index (χ2v) is 5.56. The molecule has 0 unspecified atom stereocenters. The lowest BCUT2D eigenvalue weighted by molar-refractivity contribution is 0.102. The second-order valence-electron chi connectivity index (χ2n) is 5.56. The molecule has 0 radical (unpaired) electrons. The zero-order valence-corrected chi connectivity index (χ0v) is 13.3. The molecule has 1 aromatic carbocycles. The lowest BCUT2D eigenvalue weighted by atomic mass is 10.1. The number of carbonyl (C=O) groups is 1. The predicted molar refractivity (Wildman–Crippen MR) is 88.3 cm³/mol. The van der Waals surface area contributed by atoms with Gasteiger partial charge in [-0.05, 0) is 37.1 Å². The van der Waals surface area contributed by atoms with E-state index in [1.807, 2.05) is 6.07 Å². The van der Waals surface area contributed by atoms with Gasteiger partial charge in [0, 0.05) is 18.7 Å². The van der Waals surface area contributed by atoms with Crippen molar-refractivity contribution in [3.8, 4) is 11.5 Å². The number of aromatic nitrogens is 1. The molecule has 1 aliphatic heterocycles. The van der Waals surface area contributed by atoms with Crippen LogP contribution in [-0.4, -0.2) is 36.2 Å². The van der Waals surface area contributed by atoms with Gasteiger partial charge in [0.05, 0.1) is 19.0 Å². The summed E-state index contributed by atoms with van der Waals surface area (Å²) in [5, 5.41) is 12.1. The molecule has 1 fully saturated rings. The molecule has 2 heterocycles. The summed E-state index contributed by atoms with van der Waals surface area (Å²) in [6.45, 7) is 1.98. The van der Waals surface area contributed by atoms with Crippen LogP contribution >= 0.6 is 0 Å². The highest BCUT2D eigenvalue weighted by Gasteiger charge is 2.16. The third-order valence-electron chi connectivity index (χ3n) is 3.95. The van der Waals surface area contributed by atoms with Crippen molar-refractivity contribution in [1.82, 2.24) is 4.98 Å². The normalized spacial score (nSPS) is 13.8. The Morgan fingerprint density at radius 3 is 2.71 bits per heavy atom. The molecule has 1 amide bonds. The number of halogens is 1. The van der Waals surface area contributed by atoms with E-state index in [1.165, 1.54) is 13.2 Å². The summed E-state index contributed by atoms with van der Waals surface area (Å²) in [6, 6.07) is 5.84. The predicted octanol–water partition coefficient (Wildman–Crippen LogP) is 2.79. The minimum Gasteiger partial charge on any atom is -0.502 e. The number of methoxy groups -OCH3 is 1. The molecular formula is C17H18FN3O3. The summed E-state index contributed by atoms with van der Waals surface area (Å²) < 4.78 is 18.5. The fourth-order valence-electron chi connectivity index (χ4n) is 2.66. The van der Waals surface area contributed by atoms with Gasteiger partial charge in [0.15, 0.2) is 17.3 Å². The number of carbonyl (C=O) groups excluding carboxylic acids is 1. The highest BCUT2D eigenvalue weighted by Crippen LogP contribution is 2.30. The van der Waals surface area contributed by atoms with Gasteiger partial charge in [-0.3, -0.25) is 4.79 Å². The Balaban J connectivity index is 1.73. The molecule has 3 rings (SSSR count). The molecule has 1 aliphatic rings. The number of hydrogen-bond acceptors (Lipinski definition) is 5. The van der Waals surface area contributed by atoms with Gasteiger partial charge in [-0.2, -0.15) is 0 Å². The Morgan fingerprint density at radius 1 is 1.33 bits per heavy atom. The smallest absolute Gasteiger partial charge is 0.255 e. The number of ether oxygens (including phenoxy) is 1. The Morgan fingerprint density at radius 2 is 2.08 bits per heavy atom. The van der Waals surface area contributed by atoms with Crippen LogP contribution in [0.1, 0.15) is 23.2 Å². The first kappa shape index (κ1) is 16.0. The number of aromatic hydroxyl groups is 1.